The van der Waals surface area contributed by atoms with Crippen molar-refractivity contribution in [2.45, 2.75) is 0 Å². The van der Waals surface area contributed by atoms with Crippen molar-refractivity contribution in [3.05, 3.63) is 139 Å². The van der Waals surface area contributed by atoms with E-state index in [0.29, 0.717) is 5.56 Å². The molecule has 0 saturated heterocycles. The smallest absolute Gasteiger partial charge is 0.872 e. The van der Waals surface area contributed by atoms with E-state index in [1.54, 1.807) is 49.7 Å². The second kappa shape index (κ2) is 14.7. The fourth-order valence-electron chi connectivity index (χ4n) is 3.77. The predicted octanol–water partition coefficient (Wildman–Crippen LogP) is 5.53. The Bertz CT molecular complexity index is 1790. The molecular formula is C32H22F2IrN7O. The van der Waals surface area contributed by atoms with E-state index >= 15 is 0 Å². The third kappa shape index (κ3) is 7.59. The van der Waals surface area contributed by atoms with Crippen molar-refractivity contribution >= 4 is 28.3 Å². The van der Waals surface area contributed by atoms with Gasteiger partial charge in [-0.3, -0.25) is 13.8 Å². The Balaban J connectivity index is 0.000000151. The number of halogens is 2. The van der Waals surface area contributed by atoms with E-state index < -0.39 is 0 Å². The Hall–Kier alpha value is -5.12. The van der Waals surface area contributed by atoms with Gasteiger partial charge in [-0.1, -0.05) is 48.5 Å². The molecule has 0 radical (unpaired) electrons. The zero-order valence-electron chi connectivity index (χ0n) is 22.6. The number of benzene rings is 5. The van der Waals surface area contributed by atoms with Gasteiger partial charge in [-0.25, -0.2) is 0 Å². The number of rotatable bonds is 3. The van der Waals surface area contributed by atoms with Gasteiger partial charge in [0.2, 0.25) is 0 Å². The molecular weight excluding hydrogens is 729 g/mol. The summed E-state index contributed by atoms with van der Waals surface area (Å²) in [5, 5.41) is 27.6. The molecule has 7 aromatic rings. The molecule has 0 unspecified atom stereocenters. The molecule has 214 valence electrons. The van der Waals surface area contributed by atoms with Crippen LogP contribution in [0, 0.1) is 23.8 Å². The first-order valence-electron chi connectivity index (χ1n) is 12.7. The summed E-state index contributed by atoms with van der Waals surface area (Å²) in [7, 11) is 1.65. The van der Waals surface area contributed by atoms with Gasteiger partial charge in [-0.05, 0) is 29.8 Å². The van der Waals surface area contributed by atoms with Gasteiger partial charge in [0.25, 0.3) is 0 Å². The molecule has 2 aromatic heterocycles. The number of nitrogens with zero attached hydrogens (tertiary/aromatic N) is 7. The molecule has 0 saturated carbocycles. The van der Waals surface area contributed by atoms with Crippen LogP contribution < -0.4 is 5.11 Å². The third-order valence-electron chi connectivity index (χ3n) is 5.73. The van der Waals surface area contributed by atoms with Crippen LogP contribution in [-0.2, 0) is 20.1 Å². The molecule has 0 aliphatic rings. The molecule has 0 amide bonds. The number of para-hydroxylation sites is 3. The fourth-order valence-corrected chi connectivity index (χ4v) is 3.77. The maximum absolute atomic E-state index is 13.5. The molecule has 0 bridgehead atoms. The molecule has 0 aliphatic heterocycles. The average molecular weight is 751 g/mol. The maximum Gasteiger partial charge on any atom is 3.00 e. The van der Waals surface area contributed by atoms with Crippen LogP contribution in [0.1, 0.15) is 5.56 Å². The summed E-state index contributed by atoms with van der Waals surface area (Å²) < 4.78 is 26.9. The van der Waals surface area contributed by atoms with E-state index in [1.807, 2.05) is 54.6 Å². The quantitative estimate of drug-likeness (QED) is 0.175. The molecule has 43 heavy (non-hydrogen) atoms. The van der Waals surface area contributed by atoms with Crippen LogP contribution in [0.5, 0.6) is 5.75 Å². The minimum Gasteiger partial charge on any atom is -0.872 e. The summed E-state index contributed by atoms with van der Waals surface area (Å²) in [6.07, 6.45) is 1.56. The van der Waals surface area contributed by atoms with Gasteiger partial charge >= 0.3 is 20.1 Å². The zero-order chi connectivity index (χ0) is 29.3. The van der Waals surface area contributed by atoms with Crippen molar-refractivity contribution in [2.24, 2.45) is 4.99 Å². The summed E-state index contributed by atoms with van der Waals surface area (Å²) in [6.45, 7) is 0. The maximum atomic E-state index is 13.5. The standard InChI is InChI=1S/2C12H7FN3.C8H9NO.Ir/c2*13-9-5-1-4-8-12(9)16-14-10-6-2-3-7-11(10)15-16;1-9-6-7-4-2-3-5-8(7)10;/h2*1-7H;2-6,10H,1H3;/q2*-1;;+3/p-1. The summed E-state index contributed by atoms with van der Waals surface area (Å²) in [4.78, 5) is 6.27. The Kier molecular flexibility index (Phi) is 10.5. The molecule has 0 spiro atoms. The number of hydrogen-bond donors (Lipinski definition) is 0. The van der Waals surface area contributed by atoms with Crippen molar-refractivity contribution in [2.75, 3.05) is 7.05 Å². The van der Waals surface area contributed by atoms with Gasteiger partial charge < -0.3 is 5.11 Å². The molecule has 0 fully saturated rings. The van der Waals surface area contributed by atoms with E-state index in [1.165, 1.54) is 27.8 Å². The average Bonchev–Trinajstić information content (AvgIpc) is 3.64. The van der Waals surface area contributed by atoms with Gasteiger partial charge in [-0.15, -0.1) is 17.9 Å². The Morgan fingerprint density at radius 2 is 1.02 bits per heavy atom. The summed E-state index contributed by atoms with van der Waals surface area (Å²) in [6, 6.07) is 36.3. The molecule has 0 N–H and O–H groups in total. The number of aromatic nitrogens is 6. The molecule has 7 rings (SSSR count). The van der Waals surface area contributed by atoms with Crippen LogP contribution in [0.2, 0.25) is 0 Å². The molecule has 0 aliphatic carbocycles. The summed E-state index contributed by atoms with van der Waals surface area (Å²) >= 11 is 0. The van der Waals surface area contributed by atoms with Gasteiger partial charge in [0.1, 0.15) is 22.1 Å². The van der Waals surface area contributed by atoms with Gasteiger partial charge in [0, 0.05) is 36.3 Å². The SMILES string of the molecule is CN=Cc1ccccc1[O-].Fc1ccc[c-]c1-n1nc2ccccc2n1.Fc1ccc[c-]c1-n1nc2ccccc2n1.[Ir+3]. The van der Waals surface area contributed by atoms with E-state index in [4.69, 9.17) is 0 Å². The summed E-state index contributed by atoms with van der Waals surface area (Å²) in [5.41, 5.74) is 4.05. The van der Waals surface area contributed by atoms with Crippen LogP contribution in [0.4, 0.5) is 8.78 Å². The normalized spacial score (nSPS) is 10.5. The third-order valence-corrected chi connectivity index (χ3v) is 5.73. The van der Waals surface area contributed by atoms with Gasteiger partial charge in [0.15, 0.2) is 0 Å². The largest absolute Gasteiger partial charge is 3.00 e. The minimum absolute atomic E-state index is 0. The first-order valence-corrected chi connectivity index (χ1v) is 12.7. The monoisotopic (exact) mass is 751 g/mol. The minimum atomic E-state index is -0.386. The number of fused-ring (bicyclic) bond motifs is 2. The van der Waals surface area contributed by atoms with Crippen molar-refractivity contribution in [3.63, 3.8) is 0 Å². The second-order valence-corrected chi connectivity index (χ2v) is 8.61. The van der Waals surface area contributed by atoms with Crippen molar-refractivity contribution in [1.29, 1.82) is 0 Å². The van der Waals surface area contributed by atoms with Gasteiger partial charge in [0.05, 0.1) is 0 Å². The Morgan fingerprint density at radius 3 is 1.40 bits per heavy atom. The van der Waals surface area contributed by atoms with Crippen molar-refractivity contribution < 1.29 is 34.0 Å². The van der Waals surface area contributed by atoms with Crippen LogP contribution in [0.25, 0.3) is 33.4 Å². The van der Waals surface area contributed by atoms with Crippen LogP contribution >= 0.6 is 0 Å². The van der Waals surface area contributed by atoms with Crippen LogP contribution in [-0.4, -0.2) is 43.3 Å². The van der Waals surface area contributed by atoms with E-state index in [0.717, 1.165) is 22.1 Å². The van der Waals surface area contributed by atoms with Gasteiger partial charge in [-0.2, -0.15) is 66.4 Å². The van der Waals surface area contributed by atoms with Crippen molar-refractivity contribution in [3.8, 4) is 17.1 Å². The Morgan fingerprint density at radius 1 is 0.628 bits per heavy atom. The Labute approximate surface area is 259 Å². The second-order valence-electron chi connectivity index (χ2n) is 8.61. The first kappa shape index (κ1) is 30.8. The van der Waals surface area contributed by atoms with E-state index in [9.17, 15) is 13.9 Å². The molecule has 11 heteroatoms. The van der Waals surface area contributed by atoms with E-state index in [-0.39, 0.29) is 48.9 Å². The topological polar surface area (TPSA) is 96.8 Å². The van der Waals surface area contributed by atoms with E-state index in [2.05, 4.69) is 37.5 Å². The zero-order valence-corrected chi connectivity index (χ0v) is 25.0. The molecule has 0 atom stereocenters. The number of hydrogen-bond acceptors (Lipinski definition) is 6. The fraction of sp³-hybridized carbons (Fsp3) is 0.0312. The van der Waals surface area contributed by atoms with Crippen LogP contribution in [0.15, 0.2) is 114 Å². The molecule has 2 heterocycles. The number of aliphatic imine (C=N–C) groups is 1. The molecule has 5 aromatic carbocycles. The summed E-state index contributed by atoms with van der Waals surface area (Å²) in [5.74, 6) is -0.751. The first-order chi connectivity index (χ1) is 20.5. The van der Waals surface area contributed by atoms with Crippen LogP contribution in [0.3, 0.4) is 0 Å². The van der Waals surface area contributed by atoms with Crippen molar-refractivity contribution in [1.82, 2.24) is 30.0 Å². The predicted molar refractivity (Wildman–Crippen MR) is 155 cm³/mol. The molecule has 8 nitrogen and oxygen atoms in total.